The van der Waals surface area contributed by atoms with Gasteiger partial charge in [0.2, 0.25) is 0 Å². The van der Waals surface area contributed by atoms with Gasteiger partial charge in [0, 0.05) is 6.61 Å². The van der Waals surface area contributed by atoms with Crippen LogP contribution in [0.4, 0.5) is 0 Å². The molecular weight excluding hydrogens is 288 g/mol. The Bertz CT molecular complexity index is 413. The molecule has 0 amide bonds. The number of hydrogen-bond donors (Lipinski definition) is 1. The van der Waals surface area contributed by atoms with Gasteiger partial charge in [-0.1, -0.05) is 0 Å². The minimum atomic E-state index is -0.948. The van der Waals surface area contributed by atoms with Gasteiger partial charge in [0.15, 0.2) is 0 Å². The van der Waals surface area contributed by atoms with E-state index >= 15 is 0 Å². The summed E-state index contributed by atoms with van der Waals surface area (Å²) in [5.41, 5.74) is 0.237. The molecule has 4 nitrogen and oxygen atoms in total. The molecule has 0 unspecified atom stereocenters. The molecular formula is C12H13BrO4. The Hall–Kier alpha value is -1.07. The topological polar surface area (TPSA) is 55.8 Å². The van der Waals surface area contributed by atoms with E-state index in [1.165, 1.54) is 12.1 Å². The predicted octanol–water partition coefficient (Wildman–Crippen LogP) is 2.71. The lowest BCUT2D eigenvalue weighted by atomic mass is 10.2. The van der Waals surface area contributed by atoms with E-state index in [-0.39, 0.29) is 11.7 Å². The largest absolute Gasteiger partial charge is 0.490 e. The first-order valence-corrected chi connectivity index (χ1v) is 6.23. The smallest absolute Gasteiger partial charge is 0.335 e. The van der Waals surface area contributed by atoms with E-state index in [2.05, 4.69) is 15.9 Å². The fraction of sp³-hybridized carbons (Fsp3) is 0.417. The number of hydrogen-bond acceptors (Lipinski definition) is 3. The lowest BCUT2D eigenvalue weighted by Gasteiger charge is -2.12. The minimum Gasteiger partial charge on any atom is -0.490 e. The van der Waals surface area contributed by atoms with Crippen LogP contribution in [0.5, 0.6) is 5.75 Å². The molecule has 1 aliphatic rings. The molecule has 1 N–H and O–H groups in total. The summed E-state index contributed by atoms with van der Waals surface area (Å²) in [7, 11) is 0. The second-order valence-corrected chi connectivity index (χ2v) is 4.75. The lowest BCUT2D eigenvalue weighted by Crippen LogP contribution is -2.16. The number of ether oxygens (including phenoxy) is 2. The number of rotatable bonds is 4. The first kappa shape index (κ1) is 12.4. The van der Waals surface area contributed by atoms with Gasteiger partial charge in [0.1, 0.15) is 12.4 Å². The molecule has 1 aliphatic heterocycles. The molecule has 2 rings (SSSR count). The molecule has 0 aliphatic carbocycles. The first-order chi connectivity index (χ1) is 8.16. The second kappa shape index (κ2) is 5.51. The predicted molar refractivity (Wildman–Crippen MR) is 65.6 cm³/mol. The lowest BCUT2D eigenvalue weighted by molar-refractivity contribution is 0.0672. The molecule has 92 valence electrons. The molecule has 1 saturated heterocycles. The number of carboxylic acid groups (broad SMARTS) is 1. The van der Waals surface area contributed by atoms with Crippen molar-refractivity contribution in [3.8, 4) is 5.75 Å². The molecule has 5 heteroatoms. The zero-order valence-electron chi connectivity index (χ0n) is 9.19. The fourth-order valence-corrected chi connectivity index (χ4v) is 2.20. The Balaban J connectivity index is 1.98. The average Bonchev–Trinajstić information content (AvgIpc) is 2.80. The SMILES string of the molecule is O=C(O)c1ccc(OC[C@H]2CCCO2)c(Br)c1. The summed E-state index contributed by atoms with van der Waals surface area (Å²) in [6, 6.07) is 4.72. The van der Waals surface area contributed by atoms with Crippen LogP contribution in [0.15, 0.2) is 22.7 Å². The minimum absolute atomic E-state index is 0.154. The summed E-state index contributed by atoms with van der Waals surface area (Å²) < 4.78 is 11.7. The molecule has 1 fully saturated rings. The number of halogens is 1. The van der Waals surface area contributed by atoms with Crippen molar-refractivity contribution in [1.82, 2.24) is 0 Å². The van der Waals surface area contributed by atoms with E-state index in [4.69, 9.17) is 14.6 Å². The third-order valence-corrected chi connectivity index (χ3v) is 3.25. The highest BCUT2D eigenvalue weighted by Crippen LogP contribution is 2.27. The van der Waals surface area contributed by atoms with Gasteiger partial charge in [-0.3, -0.25) is 0 Å². The summed E-state index contributed by atoms with van der Waals surface area (Å²) in [4.78, 5) is 10.7. The van der Waals surface area contributed by atoms with Gasteiger partial charge < -0.3 is 14.6 Å². The van der Waals surface area contributed by atoms with Crippen molar-refractivity contribution in [2.24, 2.45) is 0 Å². The summed E-state index contributed by atoms with van der Waals surface area (Å²) in [6.45, 7) is 1.30. The van der Waals surface area contributed by atoms with Crippen molar-refractivity contribution < 1.29 is 19.4 Å². The first-order valence-electron chi connectivity index (χ1n) is 5.44. The fourth-order valence-electron chi connectivity index (χ4n) is 1.71. The van der Waals surface area contributed by atoms with Crippen molar-refractivity contribution in [2.75, 3.05) is 13.2 Å². The molecule has 17 heavy (non-hydrogen) atoms. The van der Waals surface area contributed by atoms with E-state index in [1.54, 1.807) is 6.07 Å². The van der Waals surface area contributed by atoms with Crippen molar-refractivity contribution >= 4 is 21.9 Å². The monoisotopic (exact) mass is 300 g/mol. The van der Waals surface area contributed by atoms with Crippen molar-refractivity contribution in [1.29, 1.82) is 0 Å². The third kappa shape index (κ3) is 3.20. The van der Waals surface area contributed by atoms with Gasteiger partial charge in [-0.2, -0.15) is 0 Å². The summed E-state index contributed by atoms with van der Waals surface area (Å²) >= 11 is 3.30. The molecule has 0 radical (unpaired) electrons. The summed E-state index contributed by atoms with van der Waals surface area (Å²) in [6.07, 6.45) is 2.25. The summed E-state index contributed by atoms with van der Waals surface area (Å²) in [5, 5.41) is 8.82. The van der Waals surface area contributed by atoms with Crippen LogP contribution in [0.25, 0.3) is 0 Å². The number of carboxylic acids is 1. The molecule has 1 atom stereocenters. The second-order valence-electron chi connectivity index (χ2n) is 3.90. The summed E-state index contributed by atoms with van der Waals surface area (Å²) in [5.74, 6) is -0.304. The van der Waals surface area contributed by atoms with Crippen molar-refractivity contribution in [3.05, 3.63) is 28.2 Å². The molecule has 1 aromatic rings. The molecule has 0 spiro atoms. The van der Waals surface area contributed by atoms with Gasteiger partial charge in [-0.05, 0) is 47.0 Å². The van der Waals surface area contributed by atoms with Crippen LogP contribution >= 0.6 is 15.9 Å². The zero-order chi connectivity index (χ0) is 12.3. The van der Waals surface area contributed by atoms with Gasteiger partial charge in [0.25, 0.3) is 0 Å². The Labute approximate surface area is 108 Å². The van der Waals surface area contributed by atoms with Gasteiger partial charge in [-0.15, -0.1) is 0 Å². The van der Waals surface area contributed by atoms with Crippen LogP contribution in [0.3, 0.4) is 0 Å². The standard InChI is InChI=1S/C12H13BrO4/c13-10-6-8(12(14)15)3-4-11(10)17-7-9-2-1-5-16-9/h3-4,6,9H,1-2,5,7H2,(H,14,15)/t9-/m1/s1. The van der Waals surface area contributed by atoms with Gasteiger partial charge in [-0.25, -0.2) is 4.79 Å². The van der Waals surface area contributed by atoms with Crippen LogP contribution in [0.1, 0.15) is 23.2 Å². The average molecular weight is 301 g/mol. The van der Waals surface area contributed by atoms with E-state index in [0.29, 0.717) is 16.8 Å². The van der Waals surface area contributed by atoms with Gasteiger partial charge in [0.05, 0.1) is 16.1 Å². The number of aromatic carboxylic acids is 1. The van der Waals surface area contributed by atoms with Crippen LogP contribution in [0.2, 0.25) is 0 Å². The maximum atomic E-state index is 10.7. The number of carbonyl (C=O) groups is 1. The highest BCUT2D eigenvalue weighted by molar-refractivity contribution is 9.10. The van der Waals surface area contributed by atoms with Crippen LogP contribution in [-0.4, -0.2) is 30.4 Å². The van der Waals surface area contributed by atoms with Crippen LogP contribution < -0.4 is 4.74 Å². The highest BCUT2D eigenvalue weighted by Gasteiger charge is 2.16. The van der Waals surface area contributed by atoms with Crippen molar-refractivity contribution in [2.45, 2.75) is 18.9 Å². The number of benzene rings is 1. The van der Waals surface area contributed by atoms with Crippen molar-refractivity contribution in [3.63, 3.8) is 0 Å². The zero-order valence-corrected chi connectivity index (χ0v) is 10.8. The molecule has 0 saturated carbocycles. The molecule has 0 aromatic heterocycles. The Morgan fingerprint density at radius 2 is 2.41 bits per heavy atom. The van der Waals surface area contributed by atoms with E-state index < -0.39 is 5.97 Å². The molecule has 0 bridgehead atoms. The normalized spacial score (nSPS) is 19.2. The molecule has 1 aromatic carbocycles. The quantitative estimate of drug-likeness (QED) is 0.929. The van der Waals surface area contributed by atoms with E-state index in [9.17, 15) is 4.79 Å². The Morgan fingerprint density at radius 3 is 3.00 bits per heavy atom. The van der Waals surface area contributed by atoms with E-state index in [0.717, 1.165) is 19.4 Å². The Morgan fingerprint density at radius 1 is 1.59 bits per heavy atom. The maximum absolute atomic E-state index is 10.7. The highest BCUT2D eigenvalue weighted by atomic mass is 79.9. The van der Waals surface area contributed by atoms with Gasteiger partial charge >= 0.3 is 5.97 Å². The Kier molecular flexibility index (Phi) is 4.02. The molecule has 1 heterocycles. The third-order valence-electron chi connectivity index (χ3n) is 2.63. The van der Waals surface area contributed by atoms with Crippen LogP contribution in [-0.2, 0) is 4.74 Å². The van der Waals surface area contributed by atoms with Crippen LogP contribution in [0, 0.1) is 0 Å². The maximum Gasteiger partial charge on any atom is 0.335 e. The van der Waals surface area contributed by atoms with E-state index in [1.807, 2.05) is 0 Å².